The summed E-state index contributed by atoms with van der Waals surface area (Å²) in [5, 5.41) is 6.90. The molecule has 22 heavy (non-hydrogen) atoms. The zero-order valence-electron chi connectivity index (χ0n) is 13.3. The summed E-state index contributed by atoms with van der Waals surface area (Å²) in [5.41, 5.74) is 2.06. The summed E-state index contributed by atoms with van der Waals surface area (Å²) >= 11 is 0. The van der Waals surface area contributed by atoms with Gasteiger partial charge in [-0.15, -0.1) is 0 Å². The molecule has 2 atom stereocenters. The van der Waals surface area contributed by atoms with Crippen LogP contribution < -0.4 is 4.90 Å². The van der Waals surface area contributed by atoms with Crippen molar-refractivity contribution in [3.8, 4) is 0 Å². The van der Waals surface area contributed by atoms with Gasteiger partial charge in [0.2, 0.25) is 5.95 Å². The number of aromatic amines is 1. The zero-order valence-corrected chi connectivity index (χ0v) is 13.3. The van der Waals surface area contributed by atoms with Crippen molar-refractivity contribution in [3.63, 3.8) is 0 Å². The molecule has 1 aliphatic heterocycles. The van der Waals surface area contributed by atoms with E-state index in [1.807, 2.05) is 20.0 Å². The average Bonchev–Trinajstić information content (AvgIpc) is 3.17. The first-order chi connectivity index (χ1) is 10.7. The van der Waals surface area contributed by atoms with E-state index in [1.165, 1.54) is 0 Å². The molecule has 0 aromatic carbocycles. The second-order valence-electron chi connectivity index (χ2n) is 5.71. The van der Waals surface area contributed by atoms with Crippen LogP contribution in [0.15, 0.2) is 12.4 Å². The van der Waals surface area contributed by atoms with E-state index in [-0.39, 0.29) is 12.0 Å². The number of hydrogen-bond donors (Lipinski definition) is 1. The number of hydrogen-bond acceptors (Lipinski definition) is 6. The van der Waals surface area contributed by atoms with Crippen LogP contribution in [-0.2, 0) is 11.2 Å². The van der Waals surface area contributed by atoms with Crippen molar-refractivity contribution < 1.29 is 4.74 Å². The molecule has 0 unspecified atom stereocenters. The SMILES string of the molecule is CCc1cc(C)nc(N(C)C[C@H]2OCC[C@H]2c2ncn[nH]2)n1. The molecule has 3 heterocycles. The van der Waals surface area contributed by atoms with Crippen molar-refractivity contribution in [2.45, 2.75) is 38.7 Å². The Hall–Kier alpha value is -2.02. The van der Waals surface area contributed by atoms with Crippen LogP contribution >= 0.6 is 0 Å². The summed E-state index contributed by atoms with van der Waals surface area (Å²) in [6, 6.07) is 2.03. The Balaban J connectivity index is 1.73. The van der Waals surface area contributed by atoms with Gasteiger partial charge in [0.05, 0.1) is 6.10 Å². The molecule has 0 amide bonds. The lowest BCUT2D eigenvalue weighted by atomic mass is 10.0. The van der Waals surface area contributed by atoms with Gasteiger partial charge < -0.3 is 9.64 Å². The van der Waals surface area contributed by atoms with Crippen LogP contribution in [0.5, 0.6) is 0 Å². The number of aromatic nitrogens is 5. The van der Waals surface area contributed by atoms with Gasteiger partial charge in [-0.1, -0.05) is 6.92 Å². The van der Waals surface area contributed by atoms with E-state index >= 15 is 0 Å². The first-order valence-corrected chi connectivity index (χ1v) is 7.70. The lowest BCUT2D eigenvalue weighted by molar-refractivity contribution is 0.108. The van der Waals surface area contributed by atoms with E-state index in [0.29, 0.717) is 0 Å². The summed E-state index contributed by atoms with van der Waals surface area (Å²) in [6.07, 6.45) is 3.49. The van der Waals surface area contributed by atoms with Crippen molar-refractivity contribution in [1.29, 1.82) is 0 Å². The Morgan fingerprint density at radius 2 is 2.27 bits per heavy atom. The highest BCUT2D eigenvalue weighted by Gasteiger charge is 2.33. The molecule has 0 spiro atoms. The summed E-state index contributed by atoms with van der Waals surface area (Å²) in [5.74, 6) is 1.90. The smallest absolute Gasteiger partial charge is 0.225 e. The van der Waals surface area contributed by atoms with Gasteiger partial charge in [0.15, 0.2) is 0 Å². The first-order valence-electron chi connectivity index (χ1n) is 7.70. The molecule has 7 heteroatoms. The highest BCUT2D eigenvalue weighted by molar-refractivity contribution is 5.32. The maximum absolute atomic E-state index is 5.88. The second kappa shape index (κ2) is 6.39. The highest BCUT2D eigenvalue weighted by atomic mass is 16.5. The van der Waals surface area contributed by atoms with Crippen LogP contribution in [0.2, 0.25) is 0 Å². The molecule has 2 aromatic heterocycles. The molecular weight excluding hydrogens is 280 g/mol. The van der Waals surface area contributed by atoms with Crippen molar-refractivity contribution in [2.24, 2.45) is 0 Å². The van der Waals surface area contributed by atoms with E-state index in [1.54, 1.807) is 6.33 Å². The fraction of sp³-hybridized carbons (Fsp3) is 0.600. The molecule has 118 valence electrons. The lowest BCUT2D eigenvalue weighted by Crippen LogP contribution is -2.33. The lowest BCUT2D eigenvalue weighted by Gasteiger charge is -2.24. The standard InChI is InChI=1S/C15H22N6O/c1-4-11-7-10(2)18-15(19-11)21(3)8-13-12(5-6-22-13)14-16-9-17-20-14/h7,9,12-13H,4-6,8H2,1-3H3,(H,16,17,20)/t12-,13-/m1/s1. The van der Waals surface area contributed by atoms with Crippen molar-refractivity contribution >= 4 is 5.95 Å². The molecule has 0 radical (unpaired) electrons. The Labute approximate surface area is 130 Å². The normalized spacial score (nSPS) is 21.2. The van der Waals surface area contributed by atoms with Crippen LogP contribution in [0.3, 0.4) is 0 Å². The molecule has 0 bridgehead atoms. The van der Waals surface area contributed by atoms with E-state index in [4.69, 9.17) is 4.74 Å². The molecule has 2 aromatic rings. The van der Waals surface area contributed by atoms with Crippen LogP contribution in [0.4, 0.5) is 5.95 Å². The quantitative estimate of drug-likeness (QED) is 0.901. The van der Waals surface area contributed by atoms with Crippen LogP contribution in [0.1, 0.15) is 36.5 Å². The topological polar surface area (TPSA) is 79.8 Å². The average molecular weight is 302 g/mol. The predicted octanol–water partition coefficient (Wildman–Crippen LogP) is 1.47. The molecule has 1 N–H and O–H groups in total. The minimum atomic E-state index is 0.0761. The molecule has 7 nitrogen and oxygen atoms in total. The molecule has 1 saturated heterocycles. The van der Waals surface area contributed by atoms with Crippen LogP contribution in [0.25, 0.3) is 0 Å². The Bertz CT molecular complexity index is 615. The Morgan fingerprint density at radius 3 is 3.00 bits per heavy atom. The van der Waals surface area contributed by atoms with E-state index in [9.17, 15) is 0 Å². The van der Waals surface area contributed by atoms with Gasteiger partial charge in [0.25, 0.3) is 0 Å². The predicted molar refractivity (Wildman–Crippen MR) is 82.9 cm³/mol. The maximum Gasteiger partial charge on any atom is 0.225 e. The third kappa shape index (κ3) is 3.09. The molecule has 0 aliphatic carbocycles. The number of rotatable bonds is 5. The summed E-state index contributed by atoms with van der Waals surface area (Å²) < 4.78 is 5.88. The monoisotopic (exact) mass is 302 g/mol. The van der Waals surface area contributed by atoms with Gasteiger partial charge in [-0.3, -0.25) is 5.10 Å². The Morgan fingerprint density at radius 1 is 1.41 bits per heavy atom. The molecule has 1 aliphatic rings. The number of anilines is 1. The summed E-state index contributed by atoms with van der Waals surface area (Å²) in [4.78, 5) is 15.5. The number of likely N-dealkylation sites (N-methyl/N-ethyl adjacent to an activating group) is 1. The first kappa shape index (κ1) is 14.9. The number of ether oxygens (including phenoxy) is 1. The summed E-state index contributed by atoms with van der Waals surface area (Å²) in [6.45, 7) is 5.59. The van der Waals surface area contributed by atoms with E-state index in [0.717, 1.165) is 49.2 Å². The maximum atomic E-state index is 5.88. The van der Waals surface area contributed by atoms with E-state index < -0.39 is 0 Å². The largest absolute Gasteiger partial charge is 0.376 e. The number of nitrogens with zero attached hydrogens (tertiary/aromatic N) is 5. The van der Waals surface area contributed by atoms with Crippen molar-refractivity contribution in [3.05, 3.63) is 29.6 Å². The van der Waals surface area contributed by atoms with Crippen LogP contribution in [-0.4, -0.2) is 51.5 Å². The van der Waals surface area contributed by atoms with Gasteiger partial charge in [-0.2, -0.15) is 5.10 Å². The summed E-state index contributed by atoms with van der Waals surface area (Å²) in [7, 11) is 2.01. The van der Waals surface area contributed by atoms with Crippen LogP contribution in [0, 0.1) is 6.92 Å². The second-order valence-corrected chi connectivity index (χ2v) is 5.71. The van der Waals surface area contributed by atoms with Gasteiger partial charge in [-0.05, 0) is 25.8 Å². The van der Waals surface area contributed by atoms with Crippen molar-refractivity contribution in [2.75, 3.05) is 25.1 Å². The minimum Gasteiger partial charge on any atom is -0.376 e. The zero-order chi connectivity index (χ0) is 15.5. The third-order valence-electron chi connectivity index (χ3n) is 4.05. The van der Waals surface area contributed by atoms with Gasteiger partial charge in [0.1, 0.15) is 12.2 Å². The highest BCUT2D eigenvalue weighted by Crippen LogP contribution is 2.29. The molecule has 1 fully saturated rings. The van der Waals surface area contributed by atoms with Gasteiger partial charge in [0, 0.05) is 37.5 Å². The third-order valence-corrected chi connectivity index (χ3v) is 4.05. The minimum absolute atomic E-state index is 0.0761. The molecule has 0 saturated carbocycles. The fourth-order valence-corrected chi connectivity index (χ4v) is 2.86. The van der Waals surface area contributed by atoms with Crippen molar-refractivity contribution in [1.82, 2.24) is 25.1 Å². The number of H-pyrrole nitrogens is 1. The van der Waals surface area contributed by atoms with E-state index in [2.05, 4.69) is 37.0 Å². The number of aryl methyl sites for hydroxylation is 2. The molecular formula is C15H22N6O. The van der Waals surface area contributed by atoms with Gasteiger partial charge in [-0.25, -0.2) is 15.0 Å². The van der Waals surface area contributed by atoms with Gasteiger partial charge >= 0.3 is 0 Å². The fourth-order valence-electron chi connectivity index (χ4n) is 2.86. The Kier molecular flexibility index (Phi) is 4.33. The number of nitrogens with one attached hydrogen (secondary N) is 1. The molecule has 3 rings (SSSR count).